The summed E-state index contributed by atoms with van der Waals surface area (Å²) in [6.45, 7) is 10.0. The van der Waals surface area contributed by atoms with Crippen molar-refractivity contribution in [3.63, 3.8) is 0 Å². The Labute approximate surface area is 95.3 Å². The van der Waals surface area contributed by atoms with Crippen molar-refractivity contribution in [3.05, 3.63) is 12.2 Å². The van der Waals surface area contributed by atoms with E-state index in [1.54, 1.807) is 27.7 Å². The molecule has 0 amide bonds. The summed E-state index contributed by atoms with van der Waals surface area (Å²) in [5, 5.41) is 8.96. The Morgan fingerprint density at radius 2 is 1.81 bits per heavy atom. The Hall–Kier alpha value is -1.36. The monoisotopic (exact) mass is 229 g/mol. The SMILES string of the molecule is C=C(C(=O)OC(C)(C)C)[C@](N)(CC)C(=O)O. The first-order valence-electron chi connectivity index (χ1n) is 4.99. The number of carboxylic acid groups (broad SMARTS) is 1. The molecule has 0 bridgehead atoms. The van der Waals surface area contributed by atoms with Crippen molar-refractivity contribution in [2.45, 2.75) is 45.3 Å². The van der Waals surface area contributed by atoms with E-state index in [1.807, 2.05) is 0 Å². The highest BCUT2D eigenvalue weighted by molar-refractivity contribution is 5.99. The molecular weight excluding hydrogens is 210 g/mol. The quantitative estimate of drug-likeness (QED) is 0.556. The Morgan fingerprint density at radius 1 is 1.38 bits per heavy atom. The zero-order chi connectivity index (χ0) is 13.1. The molecule has 0 saturated carbocycles. The van der Waals surface area contributed by atoms with Gasteiger partial charge >= 0.3 is 11.9 Å². The molecule has 0 rings (SSSR count). The van der Waals surface area contributed by atoms with Crippen LogP contribution in [0.25, 0.3) is 0 Å². The number of aliphatic carboxylic acids is 1. The molecule has 0 unspecified atom stereocenters. The van der Waals surface area contributed by atoms with Crippen LogP contribution in [0.2, 0.25) is 0 Å². The summed E-state index contributed by atoms with van der Waals surface area (Å²) in [5.41, 5.74) is 2.90. The normalized spacial score (nSPS) is 15.1. The summed E-state index contributed by atoms with van der Waals surface area (Å²) < 4.78 is 5.02. The largest absolute Gasteiger partial charge is 0.480 e. The number of esters is 1. The first kappa shape index (κ1) is 14.6. The number of nitrogens with two attached hydrogens (primary N) is 1. The molecule has 0 aromatic rings. The van der Waals surface area contributed by atoms with Crippen LogP contribution in [-0.2, 0) is 14.3 Å². The first-order chi connectivity index (χ1) is 7.04. The van der Waals surface area contributed by atoms with Crippen LogP contribution in [0.4, 0.5) is 0 Å². The number of hydrogen-bond acceptors (Lipinski definition) is 4. The first-order valence-corrected chi connectivity index (χ1v) is 4.99. The van der Waals surface area contributed by atoms with E-state index in [1.165, 1.54) is 0 Å². The van der Waals surface area contributed by atoms with E-state index in [0.717, 1.165) is 0 Å². The van der Waals surface area contributed by atoms with Crippen LogP contribution in [0, 0.1) is 0 Å². The Balaban J connectivity index is 4.92. The van der Waals surface area contributed by atoms with Gasteiger partial charge in [0, 0.05) is 0 Å². The molecule has 3 N–H and O–H groups in total. The molecule has 0 aromatic heterocycles. The van der Waals surface area contributed by atoms with Crippen molar-refractivity contribution in [2.75, 3.05) is 0 Å². The highest BCUT2D eigenvalue weighted by Crippen LogP contribution is 2.20. The average Bonchev–Trinajstić information content (AvgIpc) is 2.12. The number of rotatable bonds is 4. The van der Waals surface area contributed by atoms with E-state index in [0.29, 0.717) is 0 Å². The minimum atomic E-state index is -1.76. The molecule has 16 heavy (non-hydrogen) atoms. The van der Waals surface area contributed by atoms with Gasteiger partial charge in [-0.3, -0.25) is 0 Å². The summed E-state index contributed by atoms with van der Waals surface area (Å²) in [6.07, 6.45) is 0.0699. The van der Waals surface area contributed by atoms with Crippen molar-refractivity contribution in [1.82, 2.24) is 0 Å². The van der Waals surface area contributed by atoms with Crippen LogP contribution in [0.1, 0.15) is 34.1 Å². The van der Waals surface area contributed by atoms with Gasteiger partial charge in [0.25, 0.3) is 0 Å². The highest BCUT2D eigenvalue weighted by atomic mass is 16.6. The molecule has 0 aliphatic carbocycles. The van der Waals surface area contributed by atoms with E-state index in [2.05, 4.69) is 6.58 Å². The molecule has 0 radical (unpaired) electrons. The van der Waals surface area contributed by atoms with Gasteiger partial charge in [0.2, 0.25) is 0 Å². The Bertz CT molecular complexity index is 316. The second-order valence-electron chi connectivity index (χ2n) is 4.61. The highest BCUT2D eigenvalue weighted by Gasteiger charge is 2.40. The van der Waals surface area contributed by atoms with Gasteiger partial charge in [0.1, 0.15) is 11.1 Å². The smallest absolute Gasteiger partial charge is 0.336 e. The maximum absolute atomic E-state index is 11.6. The van der Waals surface area contributed by atoms with Gasteiger partial charge in [0.15, 0.2) is 0 Å². The number of carboxylic acids is 1. The van der Waals surface area contributed by atoms with Crippen LogP contribution in [0.3, 0.4) is 0 Å². The number of hydrogen-bond donors (Lipinski definition) is 2. The predicted molar refractivity (Wildman–Crippen MR) is 59.8 cm³/mol. The van der Waals surface area contributed by atoms with Crippen molar-refractivity contribution < 1.29 is 19.4 Å². The maximum Gasteiger partial charge on any atom is 0.336 e. The number of ether oxygens (including phenoxy) is 1. The van der Waals surface area contributed by atoms with Crippen LogP contribution >= 0.6 is 0 Å². The lowest BCUT2D eigenvalue weighted by molar-refractivity contribution is -0.154. The fraction of sp³-hybridized carbons (Fsp3) is 0.636. The van der Waals surface area contributed by atoms with Gasteiger partial charge in [-0.15, -0.1) is 0 Å². The van der Waals surface area contributed by atoms with E-state index < -0.39 is 23.1 Å². The fourth-order valence-corrected chi connectivity index (χ4v) is 1.02. The van der Waals surface area contributed by atoms with Crippen molar-refractivity contribution in [3.8, 4) is 0 Å². The van der Waals surface area contributed by atoms with E-state index in [9.17, 15) is 9.59 Å². The predicted octanol–water partition coefficient (Wildman–Crippen LogP) is 1.08. The van der Waals surface area contributed by atoms with Gasteiger partial charge < -0.3 is 15.6 Å². The van der Waals surface area contributed by atoms with Crippen LogP contribution in [-0.4, -0.2) is 28.2 Å². The summed E-state index contributed by atoms with van der Waals surface area (Å²) in [4.78, 5) is 22.6. The van der Waals surface area contributed by atoms with Gasteiger partial charge in [-0.05, 0) is 27.2 Å². The van der Waals surface area contributed by atoms with Crippen molar-refractivity contribution in [1.29, 1.82) is 0 Å². The van der Waals surface area contributed by atoms with Gasteiger partial charge in [-0.25, -0.2) is 9.59 Å². The molecule has 5 heteroatoms. The van der Waals surface area contributed by atoms with Gasteiger partial charge in [-0.1, -0.05) is 13.5 Å². The third-order valence-electron chi connectivity index (χ3n) is 2.12. The van der Waals surface area contributed by atoms with Crippen LogP contribution in [0.15, 0.2) is 12.2 Å². The van der Waals surface area contributed by atoms with Gasteiger partial charge in [0.05, 0.1) is 5.57 Å². The summed E-state index contributed by atoms with van der Waals surface area (Å²) in [5.74, 6) is -2.06. The number of carbonyl (C=O) groups is 2. The van der Waals surface area contributed by atoms with E-state index in [-0.39, 0.29) is 12.0 Å². The molecule has 5 nitrogen and oxygen atoms in total. The fourth-order valence-electron chi connectivity index (χ4n) is 1.02. The zero-order valence-electron chi connectivity index (χ0n) is 10.2. The number of carbonyl (C=O) groups excluding carboxylic acids is 1. The zero-order valence-corrected chi connectivity index (χ0v) is 10.2. The third-order valence-corrected chi connectivity index (χ3v) is 2.12. The van der Waals surface area contributed by atoms with Gasteiger partial charge in [-0.2, -0.15) is 0 Å². The van der Waals surface area contributed by atoms with Crippen LogP contribution in [0.5, 0.6) is 0 Å². The Morgan fingerprint density at radius 3 is 2.06 bits per heavy atom. The molecule has 0 aliphatic rings. The van der Waals surface area contributed by atoms with E-state index in [4.69, 9.17) is 15.6 Å². The van der Waals surface area contributed by atoms with Crippen molar-refractivity contribution in [2.24, 2.45) is 5.73 Å². The van der Waals surface area contributed by atoms with Crippen molar-refractivity contribution >= 4 is 11.9 Å². The third kappa shape index (κ3) is 3.34. The molecule has 0 spiro atoms. The summed E-state index contributed by atoms with van der Waals surface area (Å²) in [6, 6.07) is 0. The minimum absolute atomic E-state index is 0.0699. The average molecular weight is 229 g/mol. The second kappa shape index (κ2) is 4.65. The molecular formula is C11H19NO4. The molecule has 1 atom stereocenters. The molecule has 0 saturated heterocycles. The topological polar surface area (TPSA) is 89.6 Å². The molecule has 0 aliphatic heterocycles. The molecule has 0 aromatic carbocycles. The van der Waals surface area contributed by atoms with E-state index >= 15 is 0 Å². The Kier molecular flexibility index (Phi) is 4.26. The summed E-state index contributed by atoms with van der Waals surface area (Å²) in [7, 11) is 0. The lowest BCUT2D eigenvalue weighted by Gasteiger charge is -2.27. The molecule has 0 fully saturated rings. The second-order valence-corrected chi connectivity index (χ2v) is 4.61. The lowest BCUT2D eigenvalue weighted by atomic mass is 9.89. The summed E-state index contributed by atoms with van der Waals surface area (Å²) >= 11 is 0. The maximum atomic E-state index is 11.6. The van der Waals surface area contributed by atoms with Crippen LogP contribution < -0.4 is 5.73 Å². The standard InChI is InChI=1S/C11H19NO4/c1-6-11(12,9(14)15)7(2)8(13)16-10(3,4)5/h2,6,12H2,1,3-5H3,(H,14,15)/t11-/m1/s1. The lowest BCUT2D eigenvalue weighted by Crippen LogP contribution is -2.51. The minimum Gasteiger partial charge on any atom is -0.480 e. The molecule has 92 valence electrons. The molecule has 0 heterocycles.